The van der Waals surface area contributed by atoms with E-state index in [2.05, 4.69) is 25.9 Å². The molecule has 0 amide bonds. The van der Waals surface area contributed by atoms with Crippen molar-refractivity contribution in [3.8, 4) is 22.8 Å². The predicted molar refractivity (Wildman–Crippen MR) is 97.0 cm³/mol. The van der Waals surface area contributed by atoms with E-state index >= 15 is 0 Å². The number of hydrogen-bond donors (Lipinski definition) is 0. The molecule has 0 saturated carbocycles. The van der Waals surface area contributed by atoms with E-state index in [1.807, 2.05) is 5.38 Å². The van der Waals surface area contributed by atoms with Gasteiger partial charge in [0.05, 0.1) is 5.39 Å². The number of hydrogen-bond acceptors (Lipinski definition) is 4. The first-order chi connectivity index (χ1) is 12.1. The fourth-order valence-corrected chi connectivity index (χ4v) is 3.67. The van der Waals surface area contributed by atoms with Gasteiger partial charge in [-0.25, -0.2) is 18.7 Å². The molecule has 0 radical (unpaired) electrons. The highest BCUT2D eigenvalue weighted by Crippen LogP contribution is 2.39. The summed E-state index contributed by atoms with van der Waals surface area (Å²) in [5.41, 5.74) is 1.62. The molecule has 124 valence electrons. The number of halogens is 3. The van der Waals surface area contributed by atoms with Gasteiger partial charge in [-0.1, -0.05) is 28.1 Å². The van der Waals surface area contributed by atoms with Gasteiger partial charge in [-0.3, -0.25) is 0 Å². The maximum Gasteiger partial charge on any atom is 0.231 e. The minimum atomic E-state index is -0.500. The molecule has 25 heavy (non-hydrogen) atoms. The van der Waals surface area contributed by atoms with Crippen LogP contribution in [0.1, 0.15) is 0 Å². The van der Waals surface area contributed by atoms with Crippen LogP contribution < -0.4 is 4.74 Å². The molecule has 0 spiro atoms. The van der Waals surface area contributed by atoms with E-state index in [4.69, 9.17) is 4.74 Å². The largest absolute Gasteiger partial charge is 0.435 e. The first-order valence-electron chi connectivity index (χ1n) is 7.23. The van der Waals surface area contributed by atoms with E-state index in [0.29, 0.717) is 14.7 Å². The highest BCUT2D eigenvalue weighted by molar-refractivity contribution is 9.10. The van der Waals surface area contributed by atoms with Gasteiger partial charge in [0.15, 0.2) is 11.6 Å². The summed E-state index contributed by atoms with van der Waals surface area (Å²) in [4.78, 5) is 9.11. The van der Waals surface area contributed by atoms with Crippen LogP contribution in [0.3, 0.4) is 0 Å². The molecule has 0 aliphatic carbocycles. The van der Waals surface area contributed by atoms with Gasteiger partial charge in [-0.15, -0.1) is 11.3 Å². The molecule has 4 rings (SSSR count). The number of aromatic nitrogens is 2. The Hall–Kier alpha value is -2.38. The fraction of sp³-hybridized carbons (Fsp3) is 0. The van der Waals surface area contributed by atoms with Crippen LogP contribution in [-0.2, 0) is 0 Å². The summed E-state index contributed by atoms with van der Waals surface area (Å²) in [5.74, 6) is -0.487. The van der Waals surface area contributed by atoms with Crippen molar-refractivity contribution in [1.82, 2.24) is 9.97 Å². The fourth-order valence-electron chi connectivity index (χ4n) is 2.43. The molecular weight excluding hydrogens is 410 g/mol. The van der Waals surface area contributed by atoms with E-state index in [0.717, 1.165) is 11.1 Å². The minimum Gasteiger partial charge on any atom is -0.435 e. The van der Waals surface area contributed by atoms with Gasteiger partial charge in [-0.05, 0) is 35.9 Å². The molecule has 2 aromatic heterocycles. The summed E-state index contributed by atoms with van der Waals surface area (Å²) in [7, 11) is 0. The van der Waals surface area contributed by atoms with Crippen LogP contribution in [0.2, 0.25) is 0 Å². The Balaban J connectivity index is 1.84. The third-order valence-corrected chi connectivity index (χ3v) is 4.97. The zero-order chi connectivity index (χ0) is 17.4. The molecule has 2 aromatic carbocycles. The van der Waals surface area contributed by atoms with Crippen molar-refractivity contribution in [2.24, 2.45) is 0 Å². The summed E-state index contributed by atoms with van der Waals surface area (Å²) in [6, 6.07) is 10.7. The number of ether oxygens (including phenoxy) is 1. The van der Waals surface area contributed by atoms with E-state index in [1.165, 1.54) is 41.9 Å². The standard InChI is InChI=1S/C18H9BrF2N2OS/c19-11-3-6-15(14(21)7-11)24-17-16-13(8-25-18(16)23-9-22-17)10-1-4-12(20)5-2-10/h1-9H. The van der Waals surface area contributed by atoms with Crippen LogP contribution in [0, 0.1) is 11.6 Å². The summed E-state index contributed by atoms with van der Waals surface area (Å²) in [6.45, 7) is 0. The monoisotopic (exact) mass is 418 g/mol. The van der Waals surface area contributed by atoms with E-state index in [-0.39, 0.29) is 17.4 Å². The van der Waals surface area contributed by atoms with Crippen LogP contribution in [0.25, 0.3) is 21.3 Å². The number of benzene rings is 2. The van der Waals surface area contributed by atoms with Crippen molar-refractivity contribution in [2.45, 2.75) is 0 Å². The van der Waals surface area contributed by atoms with Gasteiger partial charge >= 0.3 is 0 Å². The average molecular weight is 419 g/mol. The summed E-state index contributed by atoms with van der Waals surface area (Å²) in [5, 5.41) is 2.57. The molecule has 0 aliphatic heterocycles. The molecule has 3 nitrogen and oxygen atoms in total. The van der Waals surface area contributed by atoms with Crippen LogP contribution >= 0.6 is 27.3 Å². The van der Waals surface area contributed by atoms with Gasteiger partial charge in [-0.2, -0.15) is 0 Å². The molecule has 0 unspecified atom stereocenters. The van der Waals surface area contributed by atoms with Gasteiger partial charge in [0.25, 0.3) is 0 Å². The third kappa shape index (κ3) is 3.12. The smallest absolute Gasteiger partial charge is 0.231 e. The summed E-state index contributed by atoms with van der Waals surface area (Å²) in [6.07, 6.45) is 1.37. The molecule has 0 bridgehead atoms. The van der Waals surface area contributed by atoms with Crippen molar-refractivity contribution in [2.75, 3.05) is 0 Å². The molecule has 4 aromatic rings. The Morgan fingerprint density at radius 3 is 2.56 bits per heavy atom. The quantitative estimate of drug-likeness (QED) is 0.397. The number of rotatable bonds is 3. The second-order valence-corrected chi connectivity index (χ2v) is 6.97. The van der Waals surface area contributed by atoms with Crippen LogP contribution in [0.4, 0.5) is 8.78 Å². The molecule has 0 atom stereocenters. The molecule has 2 heterocycles. The number of nitrogens with zero attached hydrogens (tertiary/aromatic N) is 2. The predicted octanol–water partition coefficient (Wildman–Crippen LogP) is 6.19. The maximum absolute atomic E-state index is 14.1. The lowest BCUT2D eigenvalue weighted by atomic mass is 10.1. The maximum atomic E-state index is 14.1. The second-order valence-electron chi connectivity index (χ2n) is 5.19. The third-order valence-electron chi connectivity index (χ3n) is 3.59. The van der Waals surface area contributed by atoms with Gasteiger partial charge in [0, 0.05) is 15.4 Å². The second kappa shape index (κ2) is 6.50. The van der Waals surface area contributed by atoms with Crippen molar-refractivity contribution < 1.29 is 13.5 Å². The van der Waals surface area contributed by atoms with Gasteiger partial charge in [0.1, 0.15) is 17.0 Å². The van der Waals surface area contributed by atoms with E-state index in [1.54, 1.807) is 18.2 Å². The lowest BCUT2D eigenvalue weighted by Gasteiger charge is -2.08. The van der Waals surface area contributed by atoms with Gasteiger partial charge < -0.3 is 4.74 Å². The first-order valence-corrected chi connectivity index (χ1v) is 8.90. The lowest BCUT2D eigenvalue weighted by molar-refractivity contribution is 0.431. The van der Waals surface area contributed by atoms with Crippen molar-refractivity contribution in [3.05, 3.63) is 70.3 Å². The topological polar surface area (TPSA) is 35.0 Å². The van der Waals surface area contributed by atoms with E-state index in [9.17, 15) is 8.78 Å². The molecule has 0 saturated heterocycles. The van der Waals surface area contributed by atoms with Crippen LogP contribution in [-0.4, -0.2) is 9.97 Å². The molecular formula is C18H9BrF2N2OS. The lowest BCUT2D eigenvalue weighted by Crippen LogP contribution is -1.93. The summed E-state index contributed by atoms with van der Waals surface area (Å²) >= 11 is 4.63. The zero-order valence-corrected chi connectivity index (χ0v) is 14.9. The van der Waals surface area contributed by atoms with Crippen molar-refractivity contribution in [1.29, 1.82) is 0 Å². The zero-order valence-electron chi connectivity index (χ0n) is 12.5. The highest BCUT2D eigenvalue weighted by Gasteiger charge is 2.16. The minimum absolute atomic E-state index is 0.0689. The molecule has 0 aliphatic rings. The van der Waals surface area contributed by atoms with Crippen molar-refractivity contribution in [3.63, 3.8) is 0 Å². The first kappa shape index (κ1) is 16.1. The SMILES string of the molecule is Fc1ccc(-c2csc3ncnc(Oc4ccc(Br)cc4F)c23)cc1. The van der Waals surface area contributed by atoms with Gasteiger partial charge in [0.2, 0.25) is 5.88 Å². The normalized spacial score (nSPS) is 11.0. The number of thiophene rings is 1. The summed E-state index contributed by atoms with van der Waals surface area (Å²) < 4.78 is 33.6. The van der Waals surface area contributed by atoms with E-state index < -0.39 is 5.82 Å². The Bertz CT molecular complexity index is 1070. The number of fused-ring (bicyclic) bond motifs is 1. The Labute approximate surface area is 154 Å². The average Bonchev–Trinajstić information content (AvgIpc) is 3.03. The van der Waals surface area contributed by atoms with Crippen LogP contribution in [0.15, 0.2) is 58.6 Å². The molecule has 0 N–H and O–H groups in total. The van der Waals surface area contributed by atoms with Crippen LogP contribution in [0.5, 0.6) is 11.6 Å². The molecule has 7 heteroatoms. The van der Waals surface area contributed by atoms with Crippen molar-refractivity contribution >= 4 is 37.5 Å². The highest BCUT2D eigenvalue weighted by atomic mass is 79.9. The molecule has 0 fully saturated rings. The Morgan fingerprint density at radius 1 is 1.00 bits per heavy atom. The Morgan fingerprint density at radius 2 is 1.80 bits per heavy atom. The Kier molecular flexibility index (Phi) is 4.19.